The van der Waals surface area contributed by atoms with E-state index in [1.807, 2.05) is 20.8 Å². The Balaban J connectivity index is 3.09. The molecule has 0 amide bonds. The van der Waals surface area contributed by atoms with E-state index in [1.54, 1.807) is 26.2 Å². The molecule has 1 unspecified atom stereocenters. The molecule has 0 radical (unpaired) electrons. The number of hydrogen-bond acceptors (Lipinski definition) is 2. The Kier molecular flexibility index (Phi) is 4.03. The van der Waals surface area contributed by atoms with Crippen molar-refractivity contribution in [2.24, 2.45) is 11.4 Å². The molecule has 0 aliphatic heterocycles. The molecule has 1 aromatic heterocycles. The molecular weight excluding hydrogens is 236 g/mol. The van der Waals surface area contributed by atoms with Gasteiger partial charge in [0.25, 0.3) is 5.56 Å². The van der Waals surface area contributed by atoms with E-state index in [4.69, 9.17) is 0 Å². The Morgan fingerprint density at radius 2 is 2.00 bits per heavy atom. The Morgan fingerprint density at radius 3 is 2.47 bits per heavy atom. The summed E-state index contributed by atoms with van der Waals surface area (Å²) in [5.41, 5.74) is 1.24. The lowest BCUT2D eigenvalue weighted by atomic mass is 10.2. The molecule has 0 aliphatic carbocycles. The summed E-state index contributed by atoms with van der Waals surface area (Å²) in [4.78, 5) is 11.5. The van der Waals surface area contributed by atoms with Crippen molar-refractivity contribution in [1.29, 1.82) is 0 Å². The van der Waals surface area contributed by atoms with Crippen LogP contribution in [-0.2, 0) is 18.0 Å². The summed E-state index contributed by atoms with van der Waals surface area (Å²) in [6.45, 7) is 7.36. The predicted molar refractivity (Wildman–Crippen MR) is 71.8 cm³/mol. The minimum atomic E-state index is -1.30. The quantitative estimate of drug-likeness (QED) is 0.754. The summed E-state index contributed by atoms with van der Waals surface area (Å²) in [5, 5.41) is 0. The van der Waals surface area contributed by atoms with Gasteiger partial charge in [0, 0.05) is 24.9 Å². The molecule has 0 saturated carbocycles. The van der Waals surface area contributed by atoms with Gasteiger partial charge in [0.05, 0.1) is 10.5 Å². The van der Waals surface area contributed by atoms with Crippen LogP contribution in [0.1, 0.15) is 33.3 Å². The second-order valence-electron chi connectivity index (χ2n) is 4.90. The van der Waals surface area contributed by atoms with Crippen molar-refractivity contribution in [2.75, 3.05) is 0 Å². The third kappa shape index (κ3) is 3.63. The highest BCUT2D eigenvalue weighted by Gasteiger charge is 2.19. The molecule has 4 nitrogen and oxygen atoms in total. The smallest absolute Gasteiger partial charge is 0.250 e. The molecule has 0 aliphatic rings. The first-order chi connectivity index (χ1) is 7.71. The minimum absolute atomic E-state index is 0.0985. The highest BCUT2D eigenvalue weighted by Crippen LogP contribution is 2.13. The van der Waals surface area contributed by atoms with Gasteiger partial charge in [-0.2, -0.15) is 4.40 Å². The molecule has 0 aromatic carbocycles. The molecule has 0 N–H and O–H groups in total. The molecular formula is C12H18N2O2S. The largest absolute Gasteiger partial charge is 0.319 e. The van der Waals surface area contributed by atoms with E-state index >= 15 is 0 Å². The van der Waals surface area contributed by atoms with Crippen LogP contribution in [0.2, 0.25) is 0 Å². The zero-order valence-electron chi connectivity index (χ0n) is 10.9. The maximum Gasteiger partial charge on any atom is 0.250 e. The van der Waals surface area contributed by atoms with Gasteiger partial charge in [0.2, 0.25) is 0 Å². The zero-order chi connectivity index (χ0) is 13.2. The molecule has 0 fully saturated rings. The minimum Gasteiger partial charge on any atom is -0.319 e. The van der Waals surface area contributed by atoms with Gasteiger partial charge in [-0.25, -0.2) is 4.21 Å². The topological polar surface area (TPSA) is 51.4 Å². The molecule has 1 aromatic rings. The molecule has 17 heavy (non-hydrogen) atoms. The number of aromatic nitrogens is 1. The number of hydrogen-bond donors (Lipinski definition) is 0. The van der Waals surface area contributed by atoms with E-state index in [1.165, 1.54) is 10.6 Å². The maximum atomic E-state index is 11.8. The average molecular weight is 254 g/mol. The lowest BCUT2D eigenvalue weighted by Gasteiger charge is -2.14. The summed E-state index contributed by atoms with van der Waals surface area (Å²) >= 11 is 0. The van der Waals surface area contributed by atoms with Gasteiger partial charge in [0.1, 0.15) is 11.0 Å². The second-order valence-corrected chi connectivity index (χ2v) is 6.81. The normalized spacial score (nSPS) is 14.8. The first-order valence-corrected chi connectivity index (χ1v) is 6.47. The van der Waals surface area contributed by atoms with E-state index in [-0.39, 0.29) is 10.3 Å². The summed E-state index contributed by atoms with van der Waals surface area (Å²) in [7, 11) is 0.386. The summed E-state index contributed by atoms with van der Waals surface area (Å²) < 4.78 is 17.1. The van der Waals surface area contributed by atoms with Crippen LogP contribution in [0, 0.1) is 0 Å². The van der Waals surface area contributed by atoms with E-state index in [2.05, 4.69) is 4.40 Å². The first kappa shape index (κ1) is 13.8. The molecule has 5 heteroatoms. The molecule has 1 atom stereocenters. The van der Waals surface area contributed by atoms with Crippen molar-refractivity contribution in [2.45, 2.75) is 32.4 Å². The number of aryl methyl sites for hydroxylation is 1. The van der Waals surface area contributed by atoms with Crippen LogP contribution in [0.4, 0.5) is 0 Å². The van der Waals surface area contributed by atoms with Crippen LogP contribution in [0.5, 0.6) is 0 Å². The third-order valence-corrected chi connectivity index (χ3v) is 3.75. The van der Waals surface area contributed by atoms with E-state index in [0.29, 0.717) is 11.3 Å². The van der Waals surface area contributed by atoms with E-state index < -0.39 is 11.0 Å². The molecule has 94 valence electrons. The summed E-state index contributed by atoms with van der Waals surface area (Å²) in [5.74, 6) is 0. The fourth-order valence-corrected chi connectivity index (χ4v) is 1.72. The van der Waals surface area contributed by atoms with Gasteiger partial charge < -0.3 is 4.57 Å². The van der Waals surface area contributed by atoms with Crippen LogP contribution in [0.3, 0.4) is 0 Å². The highest BCUT2D eigenvalue weighted by molar-refractivity contribution is 7.85. The monoisotopic (exact) mass is 254 g/mol. The molecule has 1 rings (SSSR count). The Hall–Kier alpha value is -1.23. The fraction of sp³-hybridized carbons (Fsp3) is 0.500. The molecule has 0 spiro atoms. The number of nitrogens with zero attached hydrogens (tertiary/aromatic N) is 2. The van der Waals surface area contributed by atoms with Gasteiger partial charge in [-0.15, -0.1) is 0 Å². The SMILES string of the molecule is C/C(=N/S(=O)C(C)(C)C)c1ccn(C)c(=O)c1. The number of rotatable bonds is 2. The van der Waals surface area contributed by atoms with Crippen molar-refractivity contribution in [1.82, 2.24) is 4.57 Å². The van der Waals surface area contributed by atoms with Gasteiger partial charge in [-0.05, 0) is 33.8 Å². The van der Waals surface area contributed by atoms with Crippen molar-refractivity contribution in [3.8, 4) is 0 Å². The Labute approximate surface area is 104 Å². The van der Waals surface area contributed by atoms with E-state index in [9.17, 15) is 9.00 Å². The second kappa shape index (κ2) is 4.96. The first-order valence-electron chi connectivity index (χ1n) is 5.36. The predicted octanol–water partition coefficient (Wildman–Crippen LogP) is 1.66. The van der Waals surface area contributed by atoms with Crippen LogP contribution in [0.25, 0.3) is 0 Å². The zero-order valence-corrected chi connectivity index (χ0v) is 11.7. The van der Waals surface area contributed by atoms with Gasteiger partial charge >= 0.3 is 0 Å². The summed E-state index contributed by atoms with van der Waals surface area (Å²) in [6.07, 6.45) is 1.68. The Morgan fingerprint density at radius 1 is 1.41 bits per heavy atom. The van der Waals surface area contributed by atoms with Crippen molar-refractivity contribution in [3.63, 3.8) is 0 Å². The fourth-order valence-electron chi connectivity index (χ4n) is 1.09. The van der Waals surface area contributed by atoms with Gasteiger partial charge in [-0.1, -0.05) is 0 Å². The average Bonchev–Trinajstić information content (AvgIpc) is 2.20. The lowest BCUT2D eigenvalue weighted by molar-refractivity contribution is 0.650. The van der Waals surface area contributed by atoms with Gasteiger partial charge in [0.15, 0.2) is 0 Å². The molecule has 0 bridgehead atoms. The van der Waals surface area contributed by atoms with Gasteiger partial charge in [-0.3, -0.25) is 4.79 Å². The van der Waals surface area contributed by atoms with Crippen LogP contribution in [0.15, 0.2) is 27.5 Å². The van der Waals surface area contributed by atoms with Crippen molar-refractivity contribution in [3.05, 3.63) is 34.2 Å². The van der Waals surface area contributed by atoms with Crippen molar-refractivity contribution >= 4 is 16.7 Å². The van der Waals surface area contributed by atoms with Crippen LogP contribution in [-0.4, -0.2) is 19.2 Å². The highest BCUT2D eigenvalue weighted by atomic mass is 32.2. The van der Waals surface area contributed by atoms with Crippen LogP contribution >= 0.6 is 0 Å². The molecule has 0 saturated heterocycles. The maximum absolute atomic E-state index is 11.8. The van der Waals surface area contributed by atoms with Crippen LogP contribution < -0.4 is 5.56 Å². The summed E-state index contributed by atoms with van der Waals surface area (Å²) in [6, 6.07) is 3.29. The third-order valence-electron chi connectivity index (χ3n) is 2.27. The van der Waals surface area contributed by atoms with E-state index in [0.717, 1.165) is 0 Å². The number of pyridine rings is 1. The van der Waals surface area contributed by atoms with Crippen molar-refractivity contribution < 1.29 is 4.21 Å². The Bertz CT molecular complexity index is 524. The standard InChI is InChI=1S/C12H18N2O2S/c1-9(13-17(16)12(2,3)4)10-6-7-14(5)11(15)8-10/h6-8H,1-5H3/b13-9-. The lowest BCUT2D eigenvalue weighted by Crippen LogP contribution is -2.21. The molecule has 1 heterocycles.